The van der Waals surface area contributed by atoms with Crippen molar-refractivity contribution in [3.8, 4) is 5.75 Å². The van der Waals surface area contributed by atoms with E-state index in [0.717, 1.165) is 24.2 Å². The van der Waals surface area contributed by atoms with E-state index in [-0.39, 0.29) is 0 Å². The molecule has 0 fully saturated rings. The number of methoxy groups -OCH3 is 1. The van der Waals surface area contributed by atoms with E-state index < -0.39 is 11.8 Å². The Morgan fingerprint density at radius 2 is 1.68 bits per heavy atom. The Morgan fingerprint density at radius 1 is 1.09 bits per heavy atom. The summed E-state index contributed by atoms with van der Waals surface area (Å²) in [5, 5.41) is 2.70. The van der Waals surface area contributed by atoms with Crippen LogP contribution in [-0.4, -0.2) is 43.5 Å². The number of benzene rings is 1. The van der Waals surface area contributed by atoms with Gasteiger partial charge in [0.05, 0.1) is 7.11 Å². The van der Waals surface area contributed by atoms with Gasteiger partial charge in [0.25, 0.3) is 0 Å². The molecule has 0 atom stereocenters. The maximum Gasteiger partial charge on any atom is 0.311 e. The van der Waals surface area contributed by atoms with Crippen LogP contribution >= 0.6 is 0 Å². The largest absolute Gasteiger partial charge is 0.497 e. The van der Waals surface area contributed by atoms with Gasteiger partial charge in [-0.3, -0.25) is 9.59 Å². The van der Waals surface area contributed by atoms with Crippen LogP contribution in [0.2, 0.25) is 0 Å². The Balaban J connectivity index is 2.41. The van der Waals surface area contributed by atoms with Gasteiger partial charge in [0.1, 0.15) is 5.75 Å². The van der Waals surface area contributed by atoms with Gasteiger partial charge in [-0.2, -0.15) is 0 Å². The lowest BCUT2D eigenvalue weighted by Gasteiger charge is -2.20. The zero-order chi connectivity index (χ0) is 16.4. The first-order valence-electron chi connectivity index (χ1n) is 7.82. The summed E-state index contributed by atoms with van der Waals surface area (Å²) in [5.74, 6) is -0.147. The monoisotopic (exact) mass is 306 g/mol. The summed E-state index contributed by atoms with van der Waals surface area (Å²) < 4.78 is 5.10. The van der Waals surface area contributed by atoms with Gasteiger partial charge in [-0.15, -0.1) is 0 Å². The lowest BCUT2D eigenvalue weighted by Crippen LogP contribution is -2.44. The van der Waals surface area contributed by atoms with Crippen molar-refractivity contribution in [2.24, 2.45) is 0 Å². The molecule has 1 aromatic carbocycles. The van der Waals surface area contributed by atoms with Crippen molar-refractivity contribution in [1.29, 1.82) is 0 Å². The molecule has 122 valence electrons. The maximum absolute atomic E-state index is 12.0. The summed E-state index contributed by atoms with van der Waals surface area (Å²) in [6.07, 6.45) is 2.39. The molecular weight excluding hydrogens is 280 g/mol. The van der Waals surface area contributed by atoms with E-state index in [2.05, 4.69) is 5.32 Å². The first-order valence-corrected chi connectivity index (χ1v) is 7.82. The second-order valence-electron chi connectivity index (χ2n) is 5.15. The minimum absolute atomic E-state index is 0.432. The number of rotatable bonds is 8. The predicted octanol–water partition coefficient (Wildman–Crippen LogP) is 2.00. The molecule has 0 heterocycles. The number of nitrogens with zero attached hydrogens (tertiary/aromatic N) is 1. The van der Waals surface area contributed by atoms with Gasteiger partial charge in [0.15, 0.2) is 0 Å². The van der Waals surface area contributed by atoms with E-state index in [0.29, 0.717) is 26.1 Å². The molecule has 0 aromatic heterocycles. The maximum atomic E-state index is 12.0. The fraction of sp³-hybridized carbons (Fsp3) is 0.529. The van der Waals surface area contributed by atoms with Gasteiger partial charge in [0, 0.05) is 19.6 Å². The number of carbonyl (C=O) groups is 2. The van der Waals surface area contributed by atoms with Crippen molar-refractivity contribution < 1.29 is 14.3 Å². The molecule has 0 aliphatic carbocycles. The van der Waals surface area contributed by atoms with Crippen molar-refractivity contribution in [3.63, 3.8) is 0 Å². The topological polar surface area (TPSA) is 58.6 Å². The molecule has 5 heteroatoms. The Hall–Kier alpha value is -2.04. The number of ether oxygens (including phenoxy) is 1. The second-order valence-corrected chi connectivity index (χ2v) is 5.15. The van der Waals surface area contributed by atoms with Crippen molar-refractivity contribution in [3.05, 3.63) is 29.8 Å². The molecule has 0 unspecified atom stereocenters. The highest BCUT2D eigenvalue weighted by Crippen LogP contribution is 2.11. The van der Waals surface area contributed by atoms with Crippen molar-refractivity contribution in [1.82, 2.24) is 10.2 Å². The van der Waals surface area contributed by atoms with E-state index in [1.807, 2.05) is 38.1 Å². The highest BCUT2D eigenvalue weighted by atomic mass is 16.5. The molecule has 1 aromatic rings. The Bertz CT molecular complexity index is 465. The van der Waals surface area contributed by atoms with Gasteiger partial charge >= 0.3 is 11.8 Å². The molecule has 1 rings (SSSR count). The van der Waals surface area contributed by atoms with Gasteiger partial charge < -0.3 is 15.0 Å². The minimum Gasteiger partial charge on any atom is -0.497 e. The number of amides is 2. The van der Waals surface area contributed by atoms with Crippen molar-refractivity contribution in [2.75, 3.05) is 26.7 Å². The van der Waals surface area contributed by atoms with Crippen LogP contribution in [0.15, 0.2) is 24.3 Å². The number of nitrogens with one attached hydrogen (secondary N) is 1. The summed E-state index contributed by atoms with van der Waals surface area (Å²) in [4.78, 5) is 25.6. The van der Waals surface area contributed by atoms with Crippen LogP contribution in [0.1, 0.15) is 32.3 Å². The molecule has 0 spiro atoms. The Morgan fingerprint density at radius 3 is 2.18 bits per heavy atom. The van der Waals surface area contributed by atoms with Gasteiger partial charge in [0.2, 0.25) is 0 Å². The fourth-order valence-electron chi connectivity index (χ4n) is 2.19. The molecule has 2 amide bonds. The highest BCUT2D eigenvalue weighted by molar-refractivity contribution is 6.35. The molecule has 0 saturated carbocycles. The summed E-state index contributed by atoms with van der Waals surface area (Å²) in [7, 11) is 1.62. The second kappa shape index (κ2) is 9.82. The fourth-order valence-corrected chi connectivity index (χ4v) is 2.19. The van der Waals surface area contributed by atoms with E-state index in [1.165, 1.54) is 0 Å². The summed E-state index contributed by atoms with van der Waals surface area (Å²) in [6.45, 7) is 5.69. The average molecular weight is 306 g/mol. The molecular formula is C17H26N2O3. The molecule has 0 aliphatic rings. The lowest BCUT2D eigenvalue weighted by molar-refractivity contribution is -0.145. The quantitative estimate of drug-likeness (QED) is 0.747. The first-order chi connectivity index (χ1) is 10.6. The third-order valence-corrected chi connectivity index (χ3v) is 3.33. The zero-order valence-electron chi connectivity index (χ0n) is 13.7. The van der Waals surface area contributed by atoms with Gasteiger partial charge in [-0.25, -0.2) is 0 Å². The SMILES string of the molecule is CCCN(CCC)C(=O)C(=O)NCCc1ccc(OC)cc1. The Kier molecular flexibility index (Phi) is 8.04. The summed E-state index contributed by atoms with van der Waals surface area (Å²) in [5.41, 5.74) is 1.09. The third kappa shape index (κ3) is 5.76. The van der Waals surface area contributed by atoms with E-state index in [9.17, 15) is 9.59 Å². The van der Waals surface area contributed by atoms with Crippen molar-refractivity contribution >= 4 is 11.8 Å². The third-order valence-electron chi connectivity index (χ3n) is 3.33. The minimum atomic E-state index is -0.518. The summed E-state index contributed by atoms with van der Waals surface area (Å²) >= 11 is 0. The number of hydrogen-bond acceptors (Lipinski definition) is 3. The van der Waals surface area contributed by atoms with E-state index >= 15 is 0 Å². The standard InChI is InChI=1S/C17H26N2O3/c1-4-12-19(13-5-2)17(21)16(20)18-11-10-14-6-8-15(22-3)9-7-14/h6-9H,4-5,10-13H2,1-3H3,(H,18,20). The molecule has 5 nitrogen and oxygen atoms in total. The van der Waals surface area contributed by atoms with Crippen LogP contribution in [0, 0.1) is 0 Å². The van der Waals surface area contributed by atoms with Crippen LogP contribution in [0.5, 0.6) is 5.75 Å². The normalized spacial score (nSPS) is 10.1. The van der Waals surface area contributed by atoms with Crippen molar-refractivity contribution in [2.45, 2.75) is 33.1 Å². The van der Waals surface area contributed by atoms with E-state index in [1.54, 1.807) is 12.0 Å². The molecule has 22 heavy (non-hydrogen) atoms. The molecule has 0 aliphatic heterocycles. The lowest BCUT2D eigenvalue weighted by atomic mass is 10.1. The summed E-state index contributed by atoms with van der Waals surface area (Å²) in [6, 6.07) is 7.67. The molecule has 0 bridgehead atoms. The Labute approximate surface area is 132 Å². The van der Waals surface area contributed by atoms with Crippen LogP contribution in [-0.2, 0) is 16.0 Å². The smallest absolute Gasteiger partial charge is 0.311 e. The number of hydrogen-bond donors (Lipinski definition) is 1. The van der Waals surface area contributed by atoms with E-state index in [4.69, 9.17) is 4.74 Å². The van der Waals surface area contributed by atoms with Gasteiger partial charge in [-0.1, -0.05) is 26.0 Å². The van der Waals surface area contributed by atoms with Crippen LogP contribution in [0.3, 0.4) is 0 Å². The number of carbonyl (C=O) groups excluding carboxylic acids is 2. The molecule has 1 N–H and O–H groups in total. The zero-order valence-corrected chi connectivity index (χ0v) is 13.7. The highest BCUT2D eigenvalue weighted by Gasteiger charge is 2.19. The molecule has 0 saturated heterocycles. The van der Waals surface area contributed by atoms with Gasteiger partial charge in [-0.05, 0) is 37.0 Å². The average Bonchev–Trinajstić information content (AvgIpc) is 2.54. The van der Waals surface area contributed by atoms with Crippen LogP contribution < -0.4 is 10.1 Å². The first kappa shape index (κ1) is 18.0. The predicted molar refractivity (Wildman–Crippen MR) is 86.9 cm³/mol. The van der Waals surface area contributed by atoms with Crippen LogP contribution in [0.4, 0.5) is 0 Å². The van der Waals surface area contributed by atoms with Crippen LogP contribution in [0.25, 0.3) is 0 Å². The molecule has 0 radical (unpaired) electrons.